The van der Waals surface area contributed by atoms with Crippen molar-refractivity contribution in [1.82, 2.24) is 10.4 Å². The van der Waals surface area contributed by atoms with Gasteiger partial charge in [-0.05, 0) is 24.4 Å². The molecule has 0 aromatic carbocycles. The Balaban J connectivity index is 2.68. The highest BCUT2D eigenvalue weighted by atomic mass is 32.1. The molecule has 0 atom stereocenters. The average molecular weight is 198 g/mol. The minimum absolute atomic E-state index is 0.0209. The van der Waals surface area contributed by atoms with Crippen molar-refractivity contribution in [2.24, 2.45) is 10.8 Å². The molecule has 68 valence electrons. The first kappa shape index (κ1) is 9.53. The molecule has 1 aromatic rings. The molecule has 3 N–H and O–H groups in total. The fourth-order valence-corrected chi connectivity index (χ4v) is 0.703. The maximum atomic E-state index is 12.9. The van der Waals surface area contributed by atoms with Gasteiger partial charge in [-0.25, -0.2) is 4.39 Å². The number of rotatable bonds is 2. The number of hydrogen-bond donors (Lipinski definition) is 2. The second-order valence-corrected chi connectivity index (χ2v) is 2.54. The largest absolute Gasteiger partial charge is 0.375 e. The Morgan fingerprint density at radius 1 is 1.77 bits per heavy atom. The van der Waals surface area contributed by atoms with Gasteiger partial charge in [0.1, 0.15) is 5.69 Å². The molecule has 0 saturated heterocycles. The second kappa shape index (κ2) is 4.46. The third-order valence-electron chi connectivity index (χ3n) is 1.15. The zero-order chi connectivity index (χ0) is 9.68. The molecule has 4 nitrogen and oxygen atoms in total. The fourth-order valence-electron chi connectivity index (χ4n) is 0.650. The number of aromatic nitrogens is 1. The van der Waals surface area contributed by atoms with Crippen LogP contribution in [0.4, 0.5) is 4.39 Å². The van der Waals surface area contributed by atoms with Crippen molar-refractivity contribution in [3.63, 3.8) is 0 Å². The molecule has 0 radical (unpaired) electrons. The quantitative estimate of drug-likeness (QED) is 0.410. The van der Waals surface area contributed by atoms with E-state index in [1.807, 2.05) is 0 Å². The molecule has 13 heavy (non-hydrogen) atoms. The van der Waals surface area contributed by atoms with Gasteiger partial charge < -0.3 is 5.73 Å². The number of pyridine rings is 1. The lowest BCUT2D eigenvalue weighted by molar-refractivity contribution is 0.619. The maximum Gasteiger partial charge on any atom is 0.184 e. The molecule has 0 aliphatic heterocycles. The maximum absolute atomic E-state index is 12.9. The van der Waals surface area contributed by atoms with E-state index in [4.69, 9.17) is 5.73 Å². The van der Waals surface area contributed by atoms with Crippen LogP contribution in [0.2, 0.25) is 0 Å². The molecule has 0 bridgehead atoms. The molecule has 1 rings (SSSR count). The molecule has 0 unspecified atom stereocenters. The van der Waals surface area contributed by atoms with Crippen LogP contribution in [0, 0.1) is 5.82 Å². The predicted molar refractivity (Wildman–Crippen MR) is 51.7 cm³/mol. The van der Waals surface area contributed by atoms with Crippen LogP contribution in [-0.2, 0) is 0 Å². The lowest BCUT2D eigenvalue weighted by Gasteiger charge is -1.94. The van der Waals surface area contributed by atoms with Crippen molar-refractivity contribution in [2.45, 2.75) is 0 Å². The van der Waals surface area contributed by atoms with Crippen molar-refractivity contribution in [1.29, 1.82) is 0 Å². The topological polar surface area (TPSA) is 63.3 Å². The molecule has 1 aromatic heterocycles. The third kappa shape index (κ3) is 3.12. The molecule has 0 saturated carbocycles. The van der Waals surface area contributed by atoms with E-state index in [0.29, 0.717) is 0 Å². The van der Waals surface area contributed by atoms with Crippen molar-refractivity contribution < 1.29 is 4.39 Å². The first-order chi connectivity index (χ1) is 6.20. The normalized spacial score (nSPS) is 10.2. The van der Waals surface area contributed by atoms with Gasteiger partial charge in [0.15, 0.2) is 10.9 Å². The fraction of sp³-hybridized carbons (Fsp3) is 0. The van der Waals surface area contributed by atoms with Crippen LogP contribution in [0.25, 0.3) is 0 Å². The summed E-state index contributed by atoms with van der Waals surface area (Å²) in [5, 5.41) is 3.58. The zero-order valence-electron chi connectivity index (χ0n) is 6.57. The summed E-state index contributed by atoms with van der Waals surface area (Å²) in [5.74, 6) is -0.448. The molecule has 6 heteroatoms. The van der Waals surface area contributed by atoms with E-state index in [1.165, 1.54) is 24.5 Å². The number of nitrogens with one attached hydrogen (secondary N) is 1. The summed E-state index contributed by atoms with van der Waals surface area (Å²) >= 11 is 4.48. The zero-order valence-corrected chi connectivity index (χ0v) is 7.38. The average Bonchev–Trinajstić information content (AvgIpc) is 2.08. The highest BCUT2D eigenvalue weighted by Crippen LogP contribution is 1.98. The van der Waals surface area contributed by atoms with E-state index in [0.717, 1.165) is 0 Å². The Kier molecular flexibility index (Phi) is 3.27. The number of halogens is 1. The summed E-state index contributed by atoms with van der Waals surface area (Å²) in [6, 6.07) is 2.78. The summed E-state index contributed by atoms with van der Waals surface area (Å²) in [4.78, 5) is 3.73. The van der Waals surface area contributed by atoms with Gasteiger partial charge in [-0.3, -0.25) is 10.4 Å². The van der Waals surface area contributed by atoms with Crippen LogP contribution in [0.1, 0.15) is 5.69 Å². The van der Waals surface area contributed by atoms with E-state index < -0.39 is 5.82 Å². The van der Waals surface area contributed by atoms with Crippen LogP contribution < -0.4 is 11.2 Å². The highest BCUT2D eigenvalue weighted by Gasteiger charge is 1.96. The lowest BCUT2D eigenvalue weighted by Crippen LogP contribution is -2.24. The van der Waals surface area contributed by atoms with Crippen LogP contribution in [0.5, 0.6) is 0 Å². The summed E-state index contributed by atoms with van der Waals surface area (Å²) in [7, 11) is 0. The van der Waals surface area contributed by atoms with Crippen LogP contribution in [0.15, 0.2) is 23.4 Å². The first-order valence-corrected chi connectivity index (χ1v) is 3.80. The predicted octanol–water partition coefficient (Wildman–Crippen LogP) is 0.388. The number of hydrogen-bond acceptors (Lipinski definition) is 3. The molecule has 0 amide bonds. The number of nitrogens with two attached hydrogens (primary N) is 1. The summed E-state index contributed by atoms with van der Waals surface area (Å²) < 4.78 is 12.9. The molecular formula is C7H7FN4S. The van der Waals surface area contributed by atoms with Crippen molar-refractivity contribution >= 4 is 23.5 Å². The van der Waals surface area contributed by atoms with E-state index in [1.54, 1.807) is 0 Å². The van der Waals surface area contributed by atoms with E-state index >= 15 is 0 Å². The standard InChI is InChI=1S/C7H7FN4S/c8-5-2-1-3-10-6(5)4-11-12-7(9)13/h1-4H,(H3,9,12,13)/b11-4+. The van der Waals surface area contributed by atoms with Crippen molar-refractivity contribution in [3.05, 3.63) is 29.8 Å². The van der Waals surface area contributed by atoms with Gasteiger partial charge in [-0.1, -0.05) is 0 Å². The first-order valence-electron chi connectivity index (χ1n) is 3.39. The van der Waals surface area contributed by atoms with Gasteiger partial charge >= 0.3 is 0 Å². The van der Waals surface area contributed by atoms with Crippen LogP contribution in [-0.4, -0.2) is 16.3 Å². The van der Waals surface area contributed by atoms with Gasteiger partial charge in [0.05, 0.1) is 6.21 Å². The molecule has 1 heterocycles. The van der Waals surface area contributed by atoms with Crippen molar-refractivity contribution in [3.8, 4) is 0 Å². The van der Waals surface area contributed by atoms with Gasteiger partial charge in [0.2, 0.25) is 0 Å². The molecule has 0 spiro atoms. The Bertz CT molecular complexity index is 339. The van der Waals surface area contributed by atoms with Gasteiger partial charge in [0.25, 0.3) is 0 Å². The highest BCUT2D eigenvalue weighted by molar-refractivity contribution is 7.80. The smallest absolute Gasteiger partial charge is 0.184 e. The minimum atomic E-state index is -0.448. The van der Waals surface area contributed by atoms with E-state index in [9.17, 15) is 4.39 Å². The number of thiocarbonyl (C=S) groups is 1. The second-order valence-electron chi connectivity index (χ2n) is 2.10. The van der Waals surface area contributed by atoms with Gasteiger partial charge in [0, 0.05) is 6.20 Å². The number of nitrogens with zero attached hydrogens (tertiary/aromatic N) is 2. The Hall–Kier alpha value is -1.56. The summed E-state index contributed by atoms with van der Waals surface area (Å²) in [6.07, 6.45) is 2.67. The molecule has 0 aliphatic rings. The number of hydrazone groups is 1. The van der Waals surface area contributed by atoms with Gasteiger partial charge in [-0.2, -0.15) is 5.10 Å². The Morgan fingerprint density at radius 2 is 2.54 bits per heavy atom. The summed E-state index contributed by atoms with van der Waals surface area (Å²) in [6.45, 7) is 0. The minimum Gasteiger partial charge on any atom is -0.375 e. The lowest BCUT2D eigenvalue weighted by atomic mass is 10.3. The van der Waals surface area contributed by atoms with Gasteiger partial charge in [-0.15, -0.1) is 0 Å². The molecular weight excluding hydrogens is 191 g/mol. The Morgan fingerprint density at radius 3 is 3.15 bits per heavy atom. The monoisotopic (exact) mass is 198 g/mol. The Labute approximate surface area is 79.7 Å². The van der Waals surface area contributed by atoms with Crippen LogP contribution >= 0.6 is 12.2 Å². The van der Waals surface area contributed by atoms with E-state index in [2.05, 4.69) is 27.7 Å². The molecule has 0 aliphatic carbocycles. The summed E-state index contributed by atoms with van der Waals surface area (Å²) in [5.41, 5.74) is 7.51. The third-order valence-corrected chi connectivity index (χ3v) is 1.24. The SMILES string of the molecule is NC(=S)N/N=C/c1ncccc1F. The van der Waals surface area contributed by atoms with Crippen LogP contribution in [0.3, 0.4) is 0 Å². The molecule has 0 fully saturated rings. The van der Waals surface area contributed by atoms with E-state index in [-0.39, 0.29) is 10.8 Å². The van der Waals surface area contributed by atoms with Crippen molar-refractivity contribution in [2.75, 3.05) is 0 Å².